The predicted octanol–water partition coefficient (Wildman–Crippen LogP) is 4.93. The summed E-state index contributed by atoms with van der Waals surface area (Å²) in [4.78, 5) is 23.4. The molecule has 0 radical (unpaired) electrons. The summed E-state index contributed by atoms with van der Waals surface area (Å²) in [5.41, 5.74) is 4.66. The first-order valence-electron chi connectivity index (χ1n) is 13.1. The van der Waals surface area contributed by atoms with Gasteiger partial charge in [-0.15, -0.1) is 0 Å². The molecular formula is C30H29FN4O4. The van der Waals surface area contributed by atoms with Gasteiger partial charge in [-0.3, -0.25) is 4.90 Å². The molecule has 200 valence electrons. The van der Waals surface area contributed by atoms with Crippen LogP contribution in [0.25, 0.3) is 16.6 Å². The Hall–Kier alpha value is -4.08. The molecule has 2 aliphatic rings. The molecule has 2 aliphatic heterocycles. The fraction of sp³-hybridized carbons (Fsp3) is 0.300. The maximum absolute atomic E-state index is 13.5. The number of imidazole rings is 1. The summed E-state index contributed by atoms with van der Waals surface area (Å²) in [6.45, 7) is 3.91. The largest absolute Gasteiger partial charge is 0.478 e. The first-order valence-corrected chi connectivity index (χ1v) is 13.1. The van der Waals surface area contributed by atoms with Crippen molar-refractivity contribution >= 4 is 22.6 Å². The van der Waals surface area contributed by atoms with Gasteiger partial charge in [0, 0.05) is 25.8 Å². The monoisotopic (exact) mass is 528 g/mol. The highest BCUT2D eigenvalue weighted by Gasteiger charge is 2.24. The van der Waals surface area contributed by atoms with Gasteiger partial charge in [-0.2, -0.15) is 0 Å². The van der Waals surface area contributed by atoms with E-state index in [2.05, 4.69) is 20.5 Å². The lowest BCUT2D eigenvalue weighted by molar-refractivity contribution is -0.0591. The van der Waals surface area contributed by atoms with Crippen molar-refractivity contribution in [2.24, 2.45) is 0 Å². The Bertz CT molecular complexity index is 1550. The van der Waals surface area contributed by atoms with Gasteiger partial charge in [-0.1, -0.05) is 24.3 Å². The number of carboxylic acids is 1. The van der Waals surface area contributed by atoms with E-state index in [1.54, 1.807) is 24.3 Å². The van der Waals surface area contributed by atoms with E-state index in [1.807, 2.05) is 24.3 Å². The number of nitrogens with zero attached hydrogens (tertiary/aromatic N) is 4. The van der Waals surface area contributed by atoms with E-state index in [1.165, 1.54) is 12.1 Å². The highest BCUT2D eigenvalue weighted by atomic mass is 19.1. The molecule has 1 fully saturated rings. The number of ether oxygens (including phenoxy) is 2. The molecule has 0 saturated carbocycles. The first-order chi connectivity index (χ1) is 19.0. The Morgan fingerprint density at radius 1 is 1.13 bits per heavy atom. The van der Waals surface area contributed by atoms with Crippen LogP contribution in [0.4, 0.5) is 4.39 Å². The maximum atomic E-state index is 13.5. The fourth-order valence-electron chi connectivity index (χ4n) is 5.01. The Morgan fingerprint density at radius 3 is 2.74 bits per heavy atom. The zero-order valence-corrected chi connectivity index (χ0v) is 21.4. The number of fused-ring (bicyclic) bond motifs is 1. The zero-order valence-electron chi connectivity index (χ0n) is 21.4. The molecule has 2 aromatic carbocycles. The average Bonchev–Trinajstić information content (AvgIpc) is 3.26. The predicted molar refractivity (Wildman–Crippen MR) is 144 cm³/mol. The summed E-state index contributed by atoms with van der Waals surface area (Å²) in [7, 11) is 0. The zero-order chi connectivity index (χ0) is 26.8. The molecule has 0 amide bonds. The van der Waals surface area contributed by atoms with Crippen LogP contribution in [-0.2, 0) is 24.4 Å². The van der Waals surface area contributed by atoms with Crippen molar-refractivity contribution in [1.29, 1.82) is 0 Å². The third kappa shape index (κ3) is 5.69. The molecule has 2 aromatic heterocycles. The first kappa shape index (κ1) is 25.2. The molecule has 9 heteroatoms. The Kier molecular flexibility index (Phi) is 7.08. The van der Waals surface area contributed by atoms with E-state index in [9.17, 15) is 14.3 Å². The SMILES string of the molecule is O=C(O)c1ccc2nc(CN3CC=C(c4cccc(OCc5cccc(F)c5)n4)CC3)n(C[C@@H]3CCO3)c2c1. The summed E-state index contributed by atoms with van der Waals surface area (Å²) in [5.74, 6) is 0.182. The van der Waals surface area contributed by atoms with Crippen molar-refractivity contribution < 1.29 is 23.8 Å². The molecule has 0 spiro atoms. The maximum Gasteiger partial charge on any atom is 0.335 e. The molecule has 0 bridgehead atoms. The molecule has 1 N–H and O–H groups in total. The summed E-state index contributed by atoms with van der Waals surface area (Å²) in [5, 5.41) is 9.47. The summed E-state index contributed by atoms with van der Waals surface area (Å²) in [6.07, 6.45) is 4.14. The van der Waals surface area contributed by atoms with Gasteiger partial charge in [0.15, 0.2) is 0 Å². The molecule has 0 unspecified atom stereocenters. The second-order valence-electron chi connectivity index (χ2n) is 9.92. The summed E-state index contributed by atoms with van der Waals surface area (Å²) < 4.78 is 27.1. The van der Waals surface area contributed by atoms with Gasteiger partial charge in [0.25, 0.3) is 0 Å². The number of halogens is 1. The lowest BCUT2D eigenvalue weighted by Crippen LogP contribution is -2.33. The molecule has 6 rings (SSSR count). The van der Waals surface area contributed by atoms with Gasteiger partial charge in [0.1, 0.15) is 18.2 Å². The molecule has 8 nitrogen and oxygen atoms in total. The molecule has 4 heterocycles. The van der Waals surface area contributed by atoms with Crippen LogP contribution in [0.1, 0.15) is 40.3 Å². The van der Waals surface area contributed by atoms with Crippen molar-refractivity contribution in [2.45, 2.75) is 38.6 Å². The normalized spacial score (nSPS) is 17.6. The average molecular weight is 529 g/mol. The van der Waals surface area contributed by atoms with E-state index < -0.39 is 5.97 Å². The summed E-state index contributed by atoms with van der Waals surface area (Å²) >= 11 is 0. The van der Waals surface area contributed by atoms with E-state index >= 15 is 0 Å². The number of benzene rings is 2. The number of hydrogen-bond donors (Lipinski definition) is 1. The molecule has 1 saturated heterocycles. The van der Waals surface area contributed by atoms with Crippen LogP contribution in [0.3, 0.4) is 0 Å². The van der Waals surface area contributed by atoms with Gasteiger partial charge in [0.2, 0.25) is 5.88 Å². The Morgan fingerprint density at radius 2 is 2.00 bits per heavy atom. The van der Waals surface area contributed by atoms with Crippen molar-refractivity contribution in [2.75, 3.05) is 19.7 Å². The second-order valence-corrected chi connectivity index (χ2v) is 9.92. The van der Waals surface area contributed by atoms with Gasteiger partial charge >= 0.3 is 5.97 Å². The minimum absolute atomic E-state index is 0.129. The number of aromatic carboxylic acids is 1. The Labute approximate surface area is 225 Å². The minimum Gasteiger partial charge on any atom is -0.478 e. The molecule has 4 aromatic rings. The second kappa shape index (κ2) is 11.0. The number of aromatic nitrogens is 3. The van der Waals surface area contributed by atoms with E-state index in [0.717, 1.165) is 66.2 Å². The standard InChI is InChI=1S/C30H29FN4O4/c31-23-4-1-3-20(15-23)19-39-29-6-2-5-25(33-29)21-9-12-34(13-10-21)18-28-32-26-8-7-22(30(36)37)16-27(26)35(28)17-24-11-14-38-24/h1-9,15-16,24H,10-14,17-19H2,(H,36,37)/t24-/m0/s1. The van der Waals surface area contributed by atoms with Crippen LogP contribution in [0.2, 0.25) is 0 Å². The van der Waals surface area contributed by atoms with Crippen LogP contribution < -0.4 is 4.74 Å². The third-order valence-corrected chi connectivity index (χ3v) is 7.24. The fourth-order valence-corrected chi connectivity index (χ4v) is 5.01. The van der Waals surface area contributed by atoms with Crippen LogP contribution in [0.5, 0.6) is 5.88 Å². The Balaban J connectivity index is 1.15. The van der Waals surface area contributed by atoms with Crippen LogP contribution in [-0.4, -0.2) is 56.3 Å². The van der Waals surface area contributed by atoms with E-state index in [4.69, 9.17) is 14.5 Å². The third-order valence-electron chi connectivity index (χ3n) is 7.24. The van der Waals surface area contributed by atoms with Gasteiger partial charge in [-0.05, 0) is 60.4 Å². The minimum atomic E-state index is -0.947. The quantitative estimate of drug-likeness (QED) is 0.330. The lowest BCUT2D eigenvalue weighted by atomic mass is 10.0. The van der Waals surface area contributed by atoms with Crippen LogP contribution in [0, 0.1) is 5.82 Å². The highest BCUT2D eigenvalue weighted by molar-refractivity contribution is 5.92. The van der Waals surface area contributed by atoms with Crippen molar-refractivity contribution in [1.82, 2.24) is 19.4 Å². The van der Waals surface area contributed by atoms with E-state index in [0.29, 0.717) is 19.0 Å². The number of rotatable bonds is 9. The van der Waals surface area contributed by atoms with Crippen molar-refractivity contribution in [3.05, 3.63) is 95.2 Å². The number of hydrogen-bond acceptors (Lipinski definition) is 6. The summed E-state index contributed by atoms with van der Waals surface area (Å²) in [6, 6.07) is 17.2. The molecule has 39 heavy (non-hydrogen) atoms. The van der Waals surface area contributed by atoms with Crippen molar-refractivity contribution in [3.63, 3.8) is 0 Å². The molecule has 0 aliphatic carbocycles. The van der Waals surface area contributed by atoms with Gasteiger partial charge in [-0.25, -0.2) is 19.2 Å². The van der Waals surface area contributed by atoms with Crippen molar-refractivity contribution in [3.8, 4) is 5.88 Å². The lowest BCUT2D eigenvalue weighted by Gasteiger charge is -2.29. The topological polar surface area (TPSA) is 89.7 Å². The number of carboxylic acid groups (broad SMARTS) is 1. The highest BCUT2D eigenvalue weighted by Crippen LogP contribution is 2.26. The van der Waals surface area contributed by atoms with E-state index in [-0.39, 0.29) is 24.1 Å². The number of carbonyl (C=O) groups is 1. The van der Waals surface area contributed by atoms with Gasteiger partial charge < -0.3 is 19.1 Å². The molecule has 1 atom stereocenters. The van der Waals surface area contributed by atoms with Crippen LogP contribution >= 0.6 is 0 Å². The van der Waals surface area contributed by atoms with Gasteiger partial charge in [0.05, 0.1) is 41.5 Å². The smallest absolute Gasteiger partial charge is 0.335 e. The molecular weight excluding hydrogens is 499 g/mol. The number of pyridine rings is 1. The van der Waals surface area contributed by atoms with Crippen LogP contribution in [0.15, 0.2) is 66.7 Å².